The molecule has 0 heterocycles. The lowest BCUT2D eigenvalue weighted by molar-refractivity contribution is 0.218. The molecule has 0 rings (SSSR count). The summed E-state index contributed by atoms with van der Waals surface area (Å²) in [5.74, 6) is 0. The normalized spacial score (nSPS) is 13.8. The lowest BCUT2D eigenvalue weighted by Crippen LogP contribution is -2.61. The smallest absolute Gasteiger partial charge is 0.0298 e. The molecule has 0 bridgehead atoms. The van der Waals surface area contributed by atoms with Crippen molar-refractivity contribution in [3.8, 4) is 0 Å². The summed E-state index contributed by atoms with van der Waals surface area (Å²) in [6.07, 6.45) is 0. The number of hydrogen-bond acceptors (Lipinski definition) is 2. The van der Waals surface area contributed by atoms with Crippen LogP contribution in [0, 0.1) is 0 Å². The molecule has 2 heteroatoms. The van der Waals surface area contributed by atoms with E-state index in [0.717, 1.165) is 0 Å². The van der Waals surface area contributed by atoms with Crippen LogP contribution in [0.4, 0.5) is 0 Å². The van der Waals surface area contributed by atoms with E-state index in [1.165, 1.54) is 0 Å². The molecule has 0 amide bonds. The first-order valence-corrected chi connectivity index (χ1v) is 3.75. The first-order chi connectivity index (χ1) is 4.37. The fourth-order valence-electron chi connectivity index (χ4n) is 0.625. The Kier molecular flexibility index (Phi) is 2.86. The second kappa shape index (κ2) is 2.89. The molecule has 0 aliphatic carbocycles. The van der Waals surface area contributed by atoms with Crippen LogP contribution in [0.15, 0.2) is 0 Å². The second-order valence-electron chi connectivity index (χ2n) is 3.75. The topological polar surface area (TPSA) is 24.1 Å². The quantitative estimate of drug-likeness (QED) is 0.617. The summed E-state index contributed by atoms with van der Waals surface area (Å²) in [7, 11) is 3.97. The van der Waals surface area contributed by atoms with Gasteiger partial charge in [-0.15, -0.1) is 0 Å². The van der Waals surface area contributed by atoms with Crippen LogP contribution in [-0.2, 0) is 0 Å². The van der Waals surface area contributed by atoms with Crippen LogP contribution in [0.5, 0.6) is 0 Å². The highest BCUT2D eigenvalue weighted by molar-refractivity contribution is 4.97. The Balaban J connectivity index is 4.28. The molecule has 0 saturated carbocycles. The van der Waals surface area contributed by atoms with Crippen LogP contribution in [-0.4, -0.2) is 25.2 Å². The van der Waals surface area contributed by atoms with E-state index in [-0.39, 0.29) is 11.1 Å². The molecule has 10 heavy (non-hydrogen) atoms. The molecule has 0 saturated heterocycles. The van der Waals surface area contributed by atoms with Gasteiger partial charge in [0, 0.05) is 11.1 Å². The van der Waals surface area contributed by atoms with E-state index in [2.05, 4.69) is 38.3 Å². The predicted molar refractivity (Wildman–Crippen MR) is 46.3 cm³/mol. The molecule has 0 aromatic heterocycles. The van der Waals surface area contributed by atoms with E-state index in [0.29, 0.717) is 0 Å². The Hall–Kier alpha value is -0.0800. The zero-order chi connectivity index (χ0) is 8.41. The van der Waals surface area contributed by atoms with Crippen molar-refractivity contribution >= 4 is 0 Å². The number of rotatable bonds is 3. The largest absolute Gasteiger partial charge is 0.313 e. The number of likely N-dealkylation sites (N-methyl/N-ethyl adjacent to an activating group) is 2. The van der Waals surface area contributed by atoms with Gasteiger partial charge in [-0.05, 0) is 41.8 Å². The second-order valence-corrected chi connectivity index (χ2v) is 3.75. The minimum atomic E-state index is 0.127. The molecule has 0 aliphatic heterocycles. The van der Waals surface area contributed by atoms with Gasteiger partial charge < -0.3 is 10.6 Å². The van der Waals surface area contributed by atoms with Crippen molar-refractivity contribution in [2.24, 2.45) is 0 Å². The van der Waals surface area contributed by atoms with E-state index in [4.69, 9.17) is 0 Å². The first kappa shape index (κ1) is 9.92. The van der Waals surface area contributed by atoms with Gasteiger partial charge in [0.25, 0.3) is 0 Å². The molecule has 62 valence electrons. The van der Waals surface area contributed by atoms with Crippen LogP contribution >= 0.6 is 0 Å². The van der Waals surface area contributed by atoms with Crippen molar-refractivity contribution in [3.63, 3.8) is 0 Å². The number of nitrogens with one attached hydrogen (secondary N) is 2. The van der Waals surface area contributed by atoms with Gasteiger partial charge in [0.1, 0.15) is 0 Å². The van der Waals surface area contributed by atoms with E-state index in [1.54, 1.807) is 0 Å². The predicted octanol–water partition coefficient (Wildman–Crippen LogP) is 0.982. The zero-order valence-electron chi connectivity index (χ0n) is 8.00. The third-order valence-electron chi connectivity index (χ3n) is 2.81. The average Bonchev–Trinajstić information content (AvgIpc) is 1.88. The highest BCUT2D eigenvalue weighted by atomic mass is 15.1. The minimum Gasteiger partial charge on any atom is -0.313 e. The first-order valence-electron chi connectivity index (χ1n) is 3.75. The third kappa shape index (κ3) is 1.70. The van der Waals surface area contributed by atoms with Gasteiger partial charge in [-0.3, -0.25) is 0 Å². The Morgan fingerprint density at radius 1 is 0.700 bits per heavy atom. The van der Waals surface area contributed by atoms with Crippen molar-refractivity contribution in [2.45, 2.75) is 38.8 Å². The van der Waals surface area contributed by atoms with Crippen molar-refractivity contribution in [1.29, 1.82) is 0 Å². The molecule has 0 atom stereocenters. The number of hydrogen-bond donors (Lipinski definition) is 2. The fourth-order valence-corrected chi connectivity index (χ4v) is 0.625. The molecule has 0 spiro atoms. The summed E-state index contributed by atoms with van der Waals surface area (Å²) < 4.78 is 0. The molecule has 2 N–H and O–H groups in total. The molecule has 0 aromatic carbocycles. The van der Waals surface area contributed by atoms with E-state index in [9.17, 15) is 0 Å². The molecule has 2 nitrogen and oxygen atoms in total. The molecule has 0 fully saturated rings. The minimum absolute atomic E-state index is 0.127. The van der Waals surface area contributed by atoms with E-state index < -0.39 is 0 Å². The SMILES string of the molecule is CNC(C)(C)C(C)(C)NC. The zero-order valence-corrected chi connectivity index (χ0v) is 8.00. The van der Waals surface area contributed by atoms with Crippen molar-refractivity contribution in [2.75, 3.05) is 14.1 Å². The molecule has 0 aromatic rings. The monoisotopic (exact) mass is 144 g/mol. The maximum absolute atomic E-state index is 3.27. The van der Waals surface area contributed by atoms with Gasteiger partial charge in [0.2, 0.25) is 0 Å². The summed E-state index contributed by atoms with van der Waals surface area (Å²) in [6, 6.07) is 0. The standard InChI is InChI=1S/C8H20N2/c1-7(2,9-5)8(3,4)10-6/h9-10H,1-6H3. The summed E-state index contributed by atoms with van der Waals surface area (Å²) in [5, 5.41) is 6.54. The summed E-state index contributed by atoms with van der Waals surface area (Å²) in [6.45, 7) is 8.74. The lowest BCUT2D eigenvalue weighted by Gasteiger charge is -2.41. The van der Waals surface area contributed by atoms with Crippen molar-refractivity contribution in [3.05, 3.63) is 0 Å². The molecular formula is C8H20N2. The molecule has 0 aliphatic rings. The molecule has 0 radical (unpaired) electrons. The molecular weight excluding hydrogens is 124 g/mol. The van der Waals surface area contributed by atoms with Crippen LogP contribution < -0.4 is 10.6 Å². The Labute approximate surface area is 64.4 Å². The Morgan fingerprint density at radius 2 is 0.900 bits per heavy atom. The fraction of sp³-hybridized carbons (Fsp3) is 1.00. The van der Waals surface area contributed by atoms with Gasteiger partial charge >= 0.3 is 0 Å². The molecule has 0 unspecified atom stereocenters. The maximum atomic E-state index is 3.27. The summed E-state index contributed by atoms with van der Waals surface area (Å²) >= 11 is 0. The van der Waals surface area contributed by atoms with Crippen molar-refractivity contribution < 1.29 is 0 Å². The van der Waals surface area contributed by atoms with Crippen LogP contribution in [0.2, 0.25) is 0 Å². The van der Waals surface area contributed by atoms with Gasteiger partial charge in [-0.25, -0.2) is 0 Å². The highest BCUT2D eigenvalue weighted by Crippen LogP contribution is 2.19. The maximum Gasteiger partial charge on any atom is 0.0298 e. The Morgan fingerprint density at radius 3 is 1.00 bits per heavy atom. The highest BCUT2D eigenvalue weighted by Gasteiger charge is 2.33. The van der Waals surface area contributed by atoms with Gasteiger partial charge in [-0.2, -0.15) is 0 Å². The van der Waals surface area contributed by atoms with Crippen LogP contribution in [0.25, 0.3) is 0 Å². The summed E-state index contributed by atoms with van der Waals surface area (Å²) in [5.41, 5.74) is 0.253. The van der Waals surface area contributed by atoms with Gasteiger partial charge in [0.15, 0.2) is 0 Å². The van der Waals surface area contributed by atoms with Crippen LogP contribution in [0.1, 0.15) is 27.7 Å². The van der Waals surface area contributed by atoms with E-state index in [1.807, 2.05) is 14.1 Å². The van der Waals surface area contributed by atoms with Crippen molar-refractivity contribution in [1.82, 2.24) is 10.6 Å². The van der Waals surface area contributed by atoms with Crippen LogP contribution in [0.3, 0.4) is 0 Å². The average molecular weight is 144 g/mol. The van der Waals surface area contributed by atoms with Gasteiger partial charge in [0.05, 0.1) is 0 Å². The third-order valence-corrected chi connectivity index (χ3v) is 2.81. The summed E-state index contributed by atoms with van der Waals surface area (Å²) in [4.78, 5) is 0. The Bertz CT molecular complexity index is 91.8. The lowest BCUT2D eigenvalue weighted by atomic mass is 9.83. The van der Waals surface area contributed by atoms with E-state index >= 15 is 0 Å². The van der Waals surface area contributed by atoms with Gasteiger partial charge in [-0.1, -0.05) is 0 Å².